The highest BCUT2D eigenvalue weighted by Gasteiger charge is 2.46. The summed E-state index contributed by atoms with van der Waals surface area (Å²) in [5.41, 5.74) is 0.318. The maximum absolute atomic E-state index is 13.0. The predicted molar refractivity (Wildman–Crippen MR) is 122 cm³/mol. The Labute approximate surface area is 199 Å². The van der Waals surface area contributed by atoms with Gasteiger partial charge in [0.05, 0.1) is 34.3 Å². The summed E-state index contributed by atoms with van der Waals surface area (Å²) in [5.74, 6) is -2.22. The third kappa shape index (κ3) is 4.52. The number of hydrogen-bond donors (Lipinski definition) is 2. The van der Waals surface area contributed by atoms with Crippen LogP contribution in [0.3, 0.4) is 0 Å². The van der Waals surface area contributed by atoms with Crippen molar-refractivity contribution >= 4 is 52.3 Å². The zero-order valence-corrected chi connectivity index (χ0v) is 19.5. The summed E-state index contributed by atoms with van der Waals surface area (Å²) < 4.78 is 10.3. The van der Waals surface area contributed by atoms with Gasteiger partial charge >= 0.3 is 0 Å². The van der Waals surface area contributed by atoms with E-state index in [4.69, 9.17) is 44.3 Å². The summed E-state index contributed by atoms with van der Waals surface area (Å²) in [6.07, 6.45) is 0.457. The monoisotopic (exact) mass is 499 g/mol. The maximum Gasteiger partial charge on any atom is 0.295 e. The molecule has 0 aliphatic carbocycles. The molecule has 1 saturated heterocycles. The Bertz CT molecular complexity index is 1100. The van der Waals surface area contributed by atoms with E-state index >= 15 is 0 Å². The number of hydrogen-bond acceptors (Lipinski definition) is 6. The summed E-state index contributed by atoms with van der Waals surface area (Å²) in [5, 5.41) is 21.4. The minimum atomic E-state index is -0.965. The standard InChI is InChI=1S/C22H20Cl3NO6/c1-31-7-3-6-26-18(11-4-5-16(27)14(24)8-11)17(20(29)22(26)30)19(28)13-9-12(23)10-15(25)21(13)32-2/h4-5,8-10,18,27-28H,3,6-7H2,1-2H3/b19-17+. The van der Waals surface area contributed by atoms with Crippen LogP contribution in [0.25, 0.3) is 5.76 Å². The molecule has 1 fully saturated rings. The van der Waals surface area contributed by atoms with Crippen LogP contribution in [0.5, 0.6) is 11.5 Å². The van der Waals surface area contributed by atoms with Crippen molar-refractivity contribution in [2.24, 2.45) is 0 Å². The van der Waals surface area contributed by atoms with Crippen LogP contribution in [0.4, 0.5) is 0 Å². The van der Waals surface area contributed by atoms with E-state index in [0.717, 1.165) is 0 Å². The second-order valence-electron chi connectivity index (χ2n) is 7.02. The first kappa shape index (κ1) is 24.2. The van der Waals surface area contributed by atoms with Crippen LogP contribution in [0, 0.1) is 0 Å². The van der Waals surface area contributed by atoms with Crippen molar-refractivity contribution in [2.45, 2.75) is 12.5 Å². The number of halogens is 3. The number of methoxy groups -OCH3 is 2. The molecule has 7 nitrogen and oxygen atoms in total. The molecule has 170 valence electrons. The van der Waals surface area contributed by atoms with Gasteiger partial charge in [0.2, 0.25) is 0 Å². The number of ketones is 1. The van der Waals surface area contributed by atoms with Crippen LogP contribution in [0.2, 0.25) is 15.1 Å². The van der Waals surface area contributed by atoms with Crippen LogP contribution >= 0.6 is 34.8 Å². The fourth-order valence-electron chi connectivity index (χ4n) is 3.62. The number of carbonyl (C=O) groups excluding carboxylic acids is 2. The first-order valence-electron chi connectivity index (χ1n) is 9.50. The number of rotatable bonds is 7. The Kier molecular flexibility index (Phi) is 7.56. The molecule has 3 rings (SSSR count). The Morgan fingerprint density at radius 3 is 2.44 bits per heavy atom. The van der Waals surface area contributed by atoms with E-state index in [0.29, 0.717) is 18.6 Å². The number of benzene rings is 2. The lowest BCUT2D eigenvalue weighted by atomic mass is 9.95. The van der Waals surface area contributed by atoms with Crippen molar-refractivity contribution in [2.75, 3.05) is 27.4 Å². The van der Waals surface area contributed by atoms with E-state index < -0.39 is 23.5 Å². The molecule has 1 atom stereocenters. The van der Waals surface area contributed by atoms with Gasteiger partial charge in [0.15, 0.2) is 0 Å². The van der Waals surface area contributed by atoms with Crippen LogP contribution in [-0.4, -0.2) is 54.2 Å². The predicted octanol–water partition coefficient (Wildman–Crippen LogP) is 4.82. The number of phenolic OH excluding ortho intramolecular Hbond substituents is 1. The zero-order chi connectivity index (χ0) is 23.6. The number of likely N-dealkylation sites (tertiary alicyclic amines) is 1. The van der Waals surface area contributed by atoms with Gasteiger partial charge in [-0.15, -0.1) is 0 Å². The molecule has 0 aromatic heterocycles. The van der Waals surface area contributed by atoms with Crippen molar-refractivity contribution in [3.8, 4) is 11.5 Å². The fraction of sp³-hybridized carbons (Fsp3) is 0.273. The van der Waals surface area contributed by atoms with Crippen molar-refractivity contribution in [3.63, 3.8) is 0 Å². The summed E-state index contributed by atoms with van der Waals surface area (Å²) in [6.45, 7) is 0.551. The molecule has 0 spiro atoms. The lowest BCUT2D eigenvalue weighted by molar-refractivity contribution is -0.140. The smallest absolute Gasteiger partial charge is 0.295 e. The first-order valence-corrected chi connectivity index (χ1v) is 10.6. The number of Topliss-reactive ketones (excluding diaryl/α,β-unsaturated/α-hetero) is 1. The summed E-state index contributed by atoms with van der Waals surface area (Å²) in [4.78, 5) is 27.3. The minimum Gasteiger partial charge on any atom is -0.507 e. The third-order valence-corrected chi connectivity index (χ3v) is 5.84. The molecule has 1 aliphatic heterocycles. The number of amides is 1. The van der Waals surface area contributed by atoms with Gasteiger partial charge in [0, 0.05) is 25.3 Å². The lowest BCUT2D eigenvalue weighted by Crippen LogP contribution is -2.31. The van der Waals surface area contributed by atoms with E-state index in [9.17, 15) is 19.8 Å². The average Bonchev–Trinajstić information content (AvgIpc) is 3.00. The Morgan fingerprint density at radius 1 is 1.09 bits per heavy atom. The van der Waals surface area contributed by atoms with Crippen molar-refractivity contribution in [1.82, 2.24) is 4.90 Å². The number of ether oxygens (including phenoxy) is 2. The quantitative estimate of drug-likeness (QED) is 0.245. The molecular formula is C22H20Cl3NO6. The average molecular weight is 501 g/mol. The molecular weight excluding hydrogens is 481 g/mol. The highest BCUT2D eigenvalue weighted by Crippen LogP contribution is 2.44. The molecule has 1 aliphatic rings. The second kappa shape index (κ2) is 10.0. The van der Waals surface area contributed by atoms with Crippen LogP contribution in [0.15, 0.2) is 35.9 Å². The fourth-order valence-corrected chi connectivity index (χ4v) is 4.38. The maximum atomic E-state index is 13.0. The van der Waals surface area contributed by atoms with Gasteiger partial charge in [-0.1, -0.05) is 40.9 Å². The third-order valence-electron chi connectivity index (χ3n) is 5.04. The molecule has 2 aromatic carbocycles. The highest BCUT2D eigenvalue weighted by molar-refractivity contribution is 6.47. The van der Waals surface area contributed by atoms with Gasteiger partial charge in [0.1, 0.15) is 17.3 Å². The molecule has 1 heterocycles. The Hall–Kier alpha value is -2.45. The van der Waals surface area contributed by atoms with E-state index in [2.05, 4.69) is 0 Å². The molecule has 1 unspecified atom stereocenters. The zero-order valence-electron chi connectivity index (χ0n) is 17.2. The van der Waals surface area contributed by atoms with E-state index in [1.54, 1.807) is 0 Å². The number of phenols is 1. The number of carbonyl (C=O) groups is 2. The summed E-state index contributed by atoms with van der Waals surface area (Å²) in [7, 11) is 2.88. The largest absolute Gasteiger partial charge is 0.507 e. The van der Waals surface area contributed by atoms with E-state index in [1.807, 2.05) is 0 Å². The van der Waals surface area contributed by atoms with Gasteiger partial charge in [-0.2, -0.15) is 0 Å². The number of aromatic hydroxyl groups is 1. The molecule has 32 heavy (non-hydrogen) atoms. The molecule has 10 heteroatoms. The first-order chi connectivity index (χ1) is 15.2. The minimum absolute atomic E-state index is 0.0355. The topological polar surface area (TPSA) is 96.3 Å². The summed E-state index contributed by atoms with van der Waals surface area (Å²) >= 11 is 18.4. The Balaban J connectivity index is 2.24. The van der Waals surface area contributed by atoms with Crippen LogP contribution in [-0.2, 0) is 14.3 Å². The van der Waals surface area contributed by atoms with Gasteiger partial charge in [-0.3, -0.25) is 9.59 Å². The number of nitrogens with zero attached hydrogens (tertiary/aromatic N) is 1. The van der Waals surface area contributed by atoms with Gasteiger partial charge in [-0.05, 0) is 36.2 Å². The van der Waals surface area contributed by atoms with Crippen molar-refractivity contribution in [3.05, 3.63) is 62.1 Å². The van der Waals surface area contributed by atoms with Gasteiger partial charge < -0.3 is 24.6 Å². The van der Waals surface area contributed by atoms with Crippen molar-refractivity contribution in [1.29, 1.82) is 0 Å². The van der Waals surface area contributed by atoms with Crippen LogP contribution in [0.1, 0.15) is 23.6 Å². The molecule has 1 amide bonds. The molecule has 2 N–H and O–H groups in total. The lowest BCUT2D eigenvalue weighted by Gasteiger charge is -2.25. The van der Waals surface area contributed by atoms with E-state index in [-0.39, 0.29) is 44.2 Å². The SMILES string of the molecule is COCCCN1C(=O)C(=O)/C(=C(/O)c2cc(Cl)cc(Cl)c2OC)C1c1ccc(O)c(Cl)c1. The van der Waals surface area contributed by atoms with Gasteiger partial charge in [0.25, 0.3) is 11.7 Å². The summed E-state index contributed by atoms with van der Waals surface area (Å²) in [6, 6.07) is 6.17. The molecule has 2 aromatic rings. The molecule has 0 radical (unpaired) electrons. The molecule has 0 saturated carbocycles. The molecule has 0 bridgehead atoms. The van der Waals surface area contributed by atoms with Crippen LogP contribution < -0.4 is 4.74 Å². The normalized spacial score (nSPS) is 17.8. The van der Waals surface area contributed by atoms with E-state index in [1.165, 1.54) is 49.5 Å². The Morgan fingerprint density at radius 2 is 1.81 bits per heavy atom. The highest BCUT2D eigenvalue weighted by atomic mass is 35.5. The second-order valence-corrected chi connectivity index (χ2v) is 8.27. The van der Waals surface area contributed by atoms with Crippen molar-refractivity contribution < 1.29 is 29.3 Å². The van der Waals surface area contributed by atoms with Gasteiger partial charge in [-0.25, -0.2) is 0 Å². The number of aliphatic hydroxyl groups is 1. The number of aliphatic hydroxyl groups excluding tert-OH is 1.